The van der Waals surface area contributed by atoms with Crippen LogP contribution in [0.2, 0.25) is 10.6 Å². The fraction of sp³-hybridized carbons (Fsp3) is 0.143. The topological polar surface area (TPSA) is 56.5 Å². The number of hydrogen-bond donors (Lipinski definition) is 0. The molecular formula is C7H2Cl2F3N5. The van der Waals surface area contributed by atoms with Crippen LogP contribution in [-0.2, 0) is 6.18 Å². The highest BCUT2D eigenvalue weighted by Crippen LogP contribution is 2.27. The molecule has 0 bridgehead atoms. The second-order valence-corrected chi connectivity index (χ2v) is 3.49. The molecule has 0 saturated heterocycles. The molecule has 0 aliphatic carbocycles. The Morgan fingerprint density at radius 2 is 1.65 bits per heavy atom. The zero-order valence-electron chi connectivity index (χ0n) is 7.78. The van der Waals surface area contributed by atoms with Gasteiger partial charge in [-0.3, -0.25) is 0 Å². The van der Waals surface area contributed by atoms with Crippen LogP contribution in [0.15, 0.2) is 12.3 Å². The Hall–Kier alpha value is -1.41. The molecule has 0 saturated carbocycles. The van der Waals surface area contributed by atoms with E-state index < -0.39 is 11.9 Å². The third kappa shape index (κ3) is 2.64. The van der Waals surface area contributed by atoms with Gasteiger partial charge in [-0.1, -0.05) is 0 Å². The van der Waals surface area contributed by atoms with Gasteiger partial charge in [-0.2, -0.15) is 33.2 Å². The third-order valence-electron chi connectivity index (χ3n) is 1.65. The van der Waals surface area contributed by atoms with Gasteiger partial charge in [0, 0.05) is 6.20 Å². The molecule has 0 fully saturated rings. The van der Waals surface area contributed by atoms with E-state index in [0.29, 0.717) is 0 Å². The Balaban J connectivity index is 2.44. The first kappa shape index (κ1) is 12.1. The van der Waals surface area contributed by atoms with Gasteiger partial charge in [-0.05, 0) is 29.3 Å². The Morgan fingerprint density at radius 1 is 1.06 bits per heavy atom. The summed E-state index contributed by atoms with van der Waals surface area (Å²) in [6.07, 6.45) is -3.49. The van der Waals surface area contributed by atoms with Crippen molar-refractivity contribution in [3.05, 3.63) is 28.5 Å². The first-order valence-corrected chi connectivity index (χ1v) is 4.82. The molecule has 0 spiro atoms. The third-order valence-corrected chi connectivity index (χ3v) is 1.99. The average Bonchev–Trinajstić information content (AvgIpc) is 2.63. The summed E-state index contributed by atoms with van der Waals surface area (Å²) in [6, 6.07) is 0.783. The molecule has 0 atom stereocenters. The molecule has 2 aromatic heterocycles. The largest absolute Gasteiger partial charge is 0.435 e. The van der Waals surface area contributed by atoms with Crippen LogP contribution in [0, 0.1) is 0 Å². The molecule has 0 aliphatic rings. The molecule has 17 heavy (non-hydrogen) atoms. The molecule has 0 aliphatic heterocycles. The van der Waals surface area contributed by atoms with Gasteiger partial charge in [0.15, 0.2) is 5.69 Å². The van der Waals surface area contributed by atoms with Crippen molar-refractivity contribution < 1.29 is 13.2 Å². The summed E-state index contributed by atoms with van der Waals surface area (Å²) in [7, 11) is 0. The summed E-state index contributed by atoms with van der Waals surface area (Å²) < 4.78 is 37.7. The lowest BCUT2D eigenvalue weighted by Crippen LogP contribution is -2.09. The van der Waals surface area contributed by atoms with Crippen LogP contribution >= 0.6 is 23.2 Å². The predicted molar refractivity (Wildman–Crippen MR) is 52.0 cm³/mol. The summed E-state index contributed by atoms with van der Waals surface area (Å²) in [5.74, 6) is -0.189. The minimum Gasteiger partial charge on any atom is -0.205 e. The molecule has 0 N–H and O–H groups in total. The van der Waals surface area contributed by atoms with Gasteiger partial charge >= 0.3 is 6.18 Å². The second-order valence-electron chi connectivity index (χ2n) is 2.82. The van der Waals surface area contributed by atoms with Crippen LogP contribution in [0.5, 0.6) is 0 Å². The number of halogens is 5. The van der Waals surface area contributed by atoms with E-state index in [0.717, 1.165) is 16.9 Å². The maximum Gasteiger partial charge on any atom is 0.435 e. The van der Waals surface area contributed by atoms with Crippen molar-refractivity contribution >= 4 is 23.2 Å². The Kier molecular flexibility index (Phi) is 2.92. The van der Waals surface area contributed by atoms with Crippen LogP contribution in [0.4, 0.5) is 13.2 Å². The standard InChI is InChI=1S/C7H2Cl2F3N5/c8-4-13-5(9)15-6(14-4)17-2-1-3(16-17)7(10,11)12/h1-2H. The first-order valence-electron chi connectivity index (χ1n) is 4.06. The van der Waals surface area contributed by atoms with E-state index in [1.54, 1.807) is 0 Å². The van der Waals surface area contributed by atoms with E-state index >= 15 is 0 Å². The molecule has 10 heteroatoms. The Labute approximate surface area is 102 Å². The predicted octanol–water partition coefficient (Wildman–Crippen LogP) is 2.38. The highest BCUT2D eigenvalue weighted by Gasteiger charge is 2.33. The van der Waals surface area contributed by atoms with E-state index in [1.165, 1.54) is 0 Å². The van der Waals surface area contributed by atoms with E-state index in [-0.39, 0.29) is 16.5 Å². The zero-order valence-corrected chi connectivity index (χ0v) is 9.29. The van der Waals surface area contributed by atoms with Gasteiger partial charge in [-0.25, -0.2) is 4.68 Å². The number of alkyl halides is 3. The molecule has 0 amide bonds. The lowest BCUT2D eigenvalue weighted by molar-refractivity contribution is -0.141. The van der Waals surface area contributed by atoms with Gasteiger partial charge in [0.1, 0.15) is 0 Å². The van der Waals surface area contributed by atoms with Crippen molar-refractivity contribution in [2.75, 3.05) is 0 Å². The highest BCUT2D eigenvalue weighted by molar-refractivity contribution is 6.31. The van der Waals surface area contributed by atoms with Gasteiger partial charge in [0.05, 0.1) is 0 Å². The molecule has 5 nitrogen and oxygen atoms in total. The smallest absolute Gasteiger partial charge is 0.205 e. The first-order chi connectivity index (χ1) is 7.86. The lowest BCUT2D eigenvalue weighted by atomic mass is 10.4. The number of hydrogen-bond acceptors (Lipinski definition) is 4. The molecular weight excluding hydrogens is 282 g/mol. The fourth-order valence-electron chi connectivity index (χ4n) is 1.01. The molecule has 2 aromatic rings. The van der Waals surface area contributed by atoms with Crippen molar-refractivity contribution in [2.24, 2.45) is 0 Å². The molecule has 2 rings (SSSR count). The quantitative estimate of drug-likeness (QED) is 0.806. The number of nitrogens with zero attached hydrogens (tertiary/aromatic N) is 5. The van der Waals surface area contributed by atoms with E-state index in [4.69, 9.17) is 23.2 Å². The molecule has 0 unspecified atom stereocenters. The maximum atomic E-state index is 12.3. The van der Waals surface area contributed by atoms with Gasteiger partial charge in [0.2, 0.25) is 10.6 Å². The Morgan fingerprint density at radius 3 is 2.12 bits per heavy atom. The zero-order chi connectivity index (χ0) is 12.6. The molecule has 0 radical (unpaired) electrons. The van der Waals surface area contributed by atoms with E-state index in [9.17, 15) is 13.2 Å². The molecule has 0 aromatic carbocycles. The summed E-state index contributed by atoms with van der Waals surface area (Å²) in [5.41, 5.74) is -1.06. The second kappa shape index (κ2) is 4.11. The fourth-order valence-corrected chi connectivity index (χ4v) is 1.36. The van der Waals surface area contributed by atoms with Crippen LogP contribution in [-0.4, -0.2) is 24.7 Å². The van der Waals surface area contributed by atoms with Gasteiger partial charge in [-0.15, -0.1) is 0 Å². The van der Waals surface area contributed by atoms with Crippen molar-refractivity contribution in [1.82, 2.24) is 24.7 Å². The summed E-state index contributed by atoms with van der Waals surface area (Å²) >= 11 is 11.0. The number of rotatable bonds is 1. The summed E-state index contributed by atoms with van der Waals surface area (Å²) in [5, 5.41) is 2.79. The van der Waals surface area contributed by atoms with Crippen molar-refractivity contribution in [1.29, 1.82) is 0 Å². The van der Waals surface area contributed by atoms with Crippen molar-refractivity contribution in [3.63, 3.8) is 0 Å². The van der Waals surface area contributed by atoms with Gasteiger partial charge < -0.3 is 0 Å². The minimum absolute atomic E-state index is 0.189. The summed E-state index contributed by atoms with van der Waals surface area (Å²) in [4.78, 5) is 10.6. The Bertz CT molecular complexity index is 532. The number of aromatic nitrogens is 5. The SMILES string of the molecule is FC(F)(F)c1ccn(-c2nc(Cl)nc(Cl)n2)n1. The normalized spacial score (nSPS) is 11.8. The van der Waals surface area contributed by atoms with Crippen LogP contribution in [0.1, 0.15) is 5.69 Å². The lowest BCUT2D eigenvalue weighted by Gasteiger charge is -2.01. The van der Waals surface area contributed by atoms with Crippen LogP contribution in [0.25, 0.3) is 5.95 Å². The highest BCUT2D eigenvalue weighted by atomic mass is 35.5. The average molecular weight is 284 g/mol. The van der Waals surface area contributed by atoms with E-state index in [2.05, 4.69) is 20.1 Å². The monoisotopic (exact) mass is 283 g/mol. The van der Waals surface area contributed by atoms with Crippen molar-refractivity contribution in [3.8, 4) is 5.95 Å². The molecule has 90 valence electrons. The molecule has 2 heterocycles. The summed E-state index contributed by atoms with van der Waals surface area (Å²) in [6.45, 7) is 0. The van der Waals surface area contributed by atoms with Crippen LogP contribution in [0.3, 0.4) is 0 Å². The van der Waals surface area contributed by atoms with E-state index in [1.807, 2.05) is 0 Å². The van der Waals surface area contributed by atoms with Crippen LogP contribution < -0.4 is 0 Å². The maximum absolute atomic E-state index is 12.3. The minimum atomic E-state index is -4.54. The van der Waals surface area contributed by atoms with Crippen molar-refractivity contribution in [2.45, 2.75) is 6.18 Å². The van der Waals surface area contributed by atoms with Gasteiger partial charge in [0.25, 0.3) is 5.95 Å².